The molecule has 0 saturated carbocycles. The molecular weight excluding hydrogens is 278 g/mol. The number of hydrogen-bond donors (Lipinski definition) is 0. The predicted molar refractivity (Wildman–Crippen MR) is 60.5 cm³/mol. The monoisotopic (exact) mass is 287 g/mol. The van der Waals surface area contributed by atoms with Gasteiger partial charge in [0.2, 0.25) is 0 Å². The van der Waals surface area contributed by atoms with Crippen molar-refractivity contribution in [2.75, 3.05) is 13.4 Å². The lowest BCUT2D eigenvalue weighted by atomic mass is 10.1. The molecule has 1 aliphatic heterocycles. The molecule has 5 nitrogen and oxygen atoms in total. The smallest absolute Gasteiger partial charge is 0.269 e. The van der Waals surface area contributed by atoms with Gasteiger partial charge in [0.05, 0.1) is 16.4 Å². The van der Waals surface area contributed by atoms with Crippen molar-refractivity contribution < 1.29 is 14.4 Å². The molecule has 1 fully saturated rings. The first kappa shape index (κ1) is 11.5. The van der Waals surface area contributed by atoms with Gasteiger partial charge in [-0.15, -0.1) is 0 Å². The highest BCUT2D eigenvalue weighted by atomic mass is 79.9. The Labute approximate surface area is 101 Å². The highest BCUT2D eigenvalue weighted by Crippen LogP contribution is 2.30. The SMILES string of the molecule is O=[N+]([O-])c1ccc([C@H]2OCOC[C@H]2Br)cc1. The van der Waals surface area contributed by atoms with Gasteiger partial charge in [-0.05, 0) is 17.7 Å². The molecule has 6 heteroatoms. The molecule has 2 atom stereocenters. The van der Waals surface area contributed by atoms with Crippen molar-refractivity contribution in [2.45, 2.75) is 10.9 Å². The second-order valence-corrected chi connectivity index (χ2v) is 4.62. The van der Waals surface area contributed by atoms with Gasteiger partial charge in [0.15, 0.2) is 0 Å². The zero-order chi connectivity index (χ0) is 11.5. The molecule has 0 unspecified atom stereocenters. The lowest BCUT2D eigenvalue weighted by molar-refractivity contribution is -0.384. The molecule has 86 valence electrons. The fourth-order valence-corrected chi connectivity index (χ4v) is 2.21. The highest BCUT2D eigenvalue weighted by Gasteiger charge is 2.26. The maximum atomic E-state index is 10.5. The van der Waals surface area contributed by atoms with Crippen molar-refractivity contribution >= 4 is 21.6 Å². The molecule has 1 aromatic rings. The van der Waals surface area contributed by atoms with Crippen LogP contribution in [0.2, 0.25) is 0 Å². The van der Waals surface area contributed by atoms with Crippen molar-refractivity contribution in [3.8, 4) is 0 Å². The van der Waals surface area contributed by atoms with Crippen molar-refractivity contribution in [3.63, 3.8) is 0 Å². The number of hydrogen-bond acceptors (Lipinski definition) is 4. The van der Waals surface area contributed by atoms with E-state index >= 15 is 0 Å². The fourth-order valence-electron chi connectivity index (χ4n) is 1.56. The van der Waals surface area contributed by atoms with Gasteiger partial charge in [-0.2, -0.15) is 0 Å². The molecule has 1 saturated heterocycles. The standard InChI is InChI=1S/C10H10BrNO4/c11-9-5-15-6-16-10(9)7-1-3-8(4-2-7)12(13)14/h1-4,9-10H,5-6H2/t9-,10-/m1/s1. The summed E-state index contributed by atoms with van der Waals surface area (Å²) in [5.74, 6) is 0. The summed E-state index contributed by atoms with van der Waals surface area (Å²) >= 11 is 3.45. The van der Waals surface area contributed by atoms with Gasteiger partial charge < -0.3 is 9.47 Å². The lowest BCUT2D eigenvalue weighted by Gasteiger charge is -2.28. The third kappa shape index (κ3) is 2.40. The Morgan fingerprint density at radius 1 is 1.38 bits per heavy atom. The summed E-state index contributed by atoms with van der Waals surface area (Å²) in [6.45, 7) is 0.825. The molecular formula is C10H10BrNO4. The van der Waals surface area contributed by atoms with E-state index in [1.54, 1.807) is 12.1 Å². The zero-order valence-corrected chi connectivity index (χ0v) is 9.92. The number of nitro benzene ring substituents is 1. The number of nitro groups is 1. The largest absolute Gasteiger partial charge is 0.354 e. The summed E-state index contributed by atoms with van der Waals surface area (Å²) in [5.41, 5.74) is 0.998. The summed E-state index contributed by atoms with van der Waals surface area (Å²) < 4.78 is 10.6. The Bertz CT molecular complexity index is 381. The van der Waals surface area contributed by atoms with Crippen LogP contribution in [0, 0.1) is 10.1 Å². The van der Waals surface area contributed by atoms with Crippen LogP contribution >= 0.6 is 15.9 Å². The van der Waals surface area contributed by atoms with Crippen LogP contribution in [0.5, 0.6) is 0 Å². The van der Waals surface area contributed by atoms with Crippen LogP contribution in [0.3, 0.4) is 0 Å². The minimum Gasteiger partial charge on any atom is -0.354 e. The Kier molecular flexibility index (Phi) is 3.52. The Hall–Kier alpha value is -0.980. The molecule has 1 aliphatic rings. The van der Waals surface area contributed by atoms with E-state index < -0.39 is 4.92 Å². The lowest BCUT2D eigenvalue weighted by Crippen LogP contribution is -2.28. The number of halogens is 1. The quantitative estimate of drug-likeness (QED) is 0.476. The first-order valence-electron chi connectivity index (χ1n) is 4.76. The topological polar surface area (TPSA) is 61.6 Å². The second kappa shape index (κ2) is 4.90. The molecule has 0 radical (unpaired) electrons. The molecule has 0 amide bonds. The van der Waals surface area contributed by atoms with Crippen LogP contribution in [0.25, 0.3) is 0 Å². The third-order valence-corrected chi connectivity index (χ3v) is 3.11. The summed E-state index contributed by atoms with van der Waals surface area (Å²) in [5, 5.41) is 10.5. The van der Waals surface area contributed by atoms with E-state index in [0.717, 1.165) is 5.56 Å². The maximum Gasteiger partial charge on any atom is 0.269 e. The van der Waals surface area contributed by atoms with Crippen molar-refractivity contribution in [3.05, 3.63) is 39.9 Å². The maximum absolute atomic E-state index is 10.5. The van der Waals surface area contributed by atoms with Crippen molar-refractivity contribution in [1.82, 2.24) is 0 Å². The van der Waals surface area contributed by atoms with Crippen LogP contribution in [0.15, 0.2) is 24.3 Å². The van der Waals surface area contributed by atoms with Crippen LogP contribution in [-0.4, -0.2) is 23.2 Å². The molecule has 0 aliphatic carbocycles. The normalized spacial score (nSPS) is 25.3. The van der Waals surface area contributed by atoms with E-state index in [1.165, 1.54) is 12.1 Å². The van der Waals surface area contributed by atoms with E-state index in [1.807, 2.05) is 0 Å². The van der Waals surface area contributed by atoms with Gasteiger partial charge in [-0.3, -0.25) is 10.1 Å². The van der Waals surface area contributed by atoms with E-state index in [0.29, 0.717) is 6.61 Å². The summed E-state index contributed by atoms with van der Waals surface area (Å²) in [7, 11) is 0. The predicted octanol–water partition coefficient (Wildman–Crippen LogP) is 2.40. The summed E-state index contributed by atoms with van der Waals surface area (Å²) in [6.07, 6.45) is -0.116. The van der Waals surface area contributed by atoms with Crippen LogP contribution in [0.1, 0.15) is 11.7 Å². The van der Waals surface area contributed by atoms with Gasteiger partial charge >= 0.3 is 0 Å². The highest BCUT2D eigenvalue weighted by molar-refractivity contribution is 9.09. The average molecular weight is 288 g/mol. The molecule has 2 rings (SSSR count). The minimum atomic E-state index is -0.416. The molecule has 0 bridgehead atoms. The Balaban J connectivity index is 2.17. The third-order valence-electron chi connectivity index (χ3n) is 2.37. The first-order chi connectivity index (χ1) is 7.68. The Morgan fingerprint density at radius 2 is 2.06 bits per heavy atom. The first-order valence-corrected chi connectivity index (χ1v) is 5.68. The van der Waals surface area contributed by atoms with Gasteiger partial charge in [0, 0.05) is 12.1 Å². The molecule has 0 spiro atoms. The van der Waals surface area contributed by atoms with E-state index in [9.17, 15) is 10.1 Å². The molecule has 1 aromatic carbocycles. The van der Waals surface area contributed by atoms with Gasteiger partial charge in [0.25, 0.3) is 5.69 Å². The number of benzene rings is 1. The molecule has 0 aromatic heterocycles. The van der Waals surface area contributed by atoms with E-state index in [4.69, 9.17) is 9.47 Å². The van der Waals surface area contributed by atoms with Crippen molar-refractivity contribution in [2.24, 2.45) is 0 Å². The molecule has 16 heavy (non-hydrogen) atoms. The van der Waals surface area contributed by atoms with Gasteiger partial charge in [0.1, 0.15) is 12.9 Å². The van der Waals surface area contributed by atoms with E-state index in [-0.39, 0.29) is 23.4 Å². The number of alkyl halides is 1. The van der Waals surface area contributed by atoms with Crippen molar-refractivity contribution in [1.29, 1.82) is 0 Å². The Morgan fingerprint density at radius 3 is 2.62 bits per heavy atom. The van der Waals surface area contributed by atoms with Gasteiger partial charge in [-0.1, -0.05) is 15.9 Å². The summed E-state index contributed by atoms with van der Waals surface area (Å²) in [4.78, 5) is 10.2. The van der Waals surface area contributed by atoms with Crippen LogP contribution in [-0.2, 0) is 9.47 Å². The number of nitrogens with zero attached hydrogens (tertiary/aromatic N) is 1. The van der Waals surface area contributed by atoms with Gasteiger partial charge in [-0.25, -0.2) is 0 Å². The zero-order valence-electron chi connectivity index (χ0n) is 8.34. The average Bonchev–Trinajstić information content (AvgIpc) is 2.30. The minimum absolute atomic E-state index is 0.0720. The second-order valence-electron chi connectivity index (χ2n) is 3.44. The number of non-ortho nitro benzene ring substituents is 1. The van der Waals surface area contributed by atoms with Crippen LogP contribution in [0.4, 0.5) is 5.69 Å². The van der Waals surface area contributed by atoms with Crippen LogP contribution < -0.4 is 0 Å². The molecule has 0 N–H and O–H groups in total. The summed E-state index contributed by atoms with van der Waals surface area (Å²) in [6, 6.07) is 6.38. The fraction of sp³-hybridized carbons (Fsp3) is 0.400. The van der Waals surface area contributed by atoms with E-state index in [2.05, 4.69) is 15.9 Å². The molecule has 1 heterocycles. The number of rotatable bonds is 2. The number of ether oxygens (including phenoxy) is 2.